The average molecular weight is 563 g/mol. The molecule has 4 aromatic rings. The van der Waals surface area contributed by atoms with Crippen LogP contribution in [0.15, 0.2) is 72.8 Å². The Morgan fingerprint density at radius 2 is 1.85 bits per heavy atom. The second-order valence-corrected chi connectivity index (χ2v) is 10.3. The van der Waals surface area contributed by atoms with E-state index in [1.54, 1.807) is 36.1 Å². The van der Waals surface area contributed by atoms with Crippen LogP contribution in [0.1, 0.15) is 29.7 Å². The lowest BCUT2D eigenvalue weighted by Crippen LogP contribution is -2.42. The predicted molar refractivity (Wildman–Crippen MR) is 152 cm³/mol. The van der Waals surface area contributed by atoms with Crippen LogP contribution >= 0.6 is 11.8 Å². The molecule has 206 valence electrons. The molecule has 2 heterocycles. The molecule has 0 saturated carbocycles. The fourth-order valence-corrected chi connectivity index (χ4v) is 5.87. The first-order valence-electron chi connectivity index (χ1n) is 12.9. The maximum atomic E-state index is 15.3. The number of ether oxygens (including phenoxy) is 1. The Labute approximate surface area is 235 Å². The molecular formula is C30H28F2N4O3S. The number of carbonyl (C=O) groups is 2. The third kappa shape index (κ3) is 5.44. The van der Waals surface area contributed by atoms with Gasteiger partial charge in [-0.05, 0) is 36.8 Å². The summed E-state index contributed by atoms with van der Waals surface area (Å²) < 4.78 is 36.1. The first-order valence-corrected chi connectivity index (χ1v) is 13.9. The molecule has 0 aliphatic carbocycles. The van der Waals surface area contributed by atoms with Crippen molar-refractivity contribution in [2.24, 2.45) is 0 Å². The molecule has 5 rings (SSSR count). The van der Waals surface area contributed by atoms with Crippen molar-refractivity contribution < 1.29 is 23.1 Å². The molecule has 1 N–H and O–H groups in total. The Balaban J connectivity index is 1.79. The van der Waals surface area contributed by atoms with E-state index in [0.717, 1.165) is 18.1 Å². The fourth-order valence-electron chi connectivity index (χ4n) is 4.66. The van der Waals surface area contributed by atoms with Gasteiger partial charge in [0.2, 0.25) is 11.8 Å². The first kappa shape index (κ1) is 27.4. The standard InChI is InChI=1S/C30H28F2N4O3S/c1-3-15-33-25(37)17-35-26(38)18-40-29(23-14-9-20(31)16-24(23)32)27-28(19-7-5-4-6-8-19)34-36(30(27)35)21-10-12-22(39-2)13-11-21/h4-14,16,29H,3,15,17-18H2,1-2H3,(H,33,37). The lowest BCUT2D eigenvalue weighted by molar-refractivity contribution is -0.122. The number of hydrogen-bond donors (Lipinski definition) is 1. The van der Waals surface area contributed by atoms with Crippen LogP contribution in [-0.4, -0.2) is 47.5 Å². The van der Waals surface area contributed by atoms with Gasteiger partial charge in [0.05, 0.1) is 29.5 Å². The normalized spacial score (nSPS) is 14.9. The van der Waals surface area contributed by atoms with Gasteiger partial charge >= 0.3 is 0 Å². The molecule has 0 bridgehead atoms. The summed E-state index contributed by atoms with van der Waals surface area (Å²) in [6.07, 6.45) is 0.745. The van der Waals surface area contributed by atoms with Crippen molar-refractivity contribution in [3.05, 3.63) is 95.6 Å². The quantitative estimate of drug-likeness (QED) is 0.306. The molecule has 0 saturated heterocycles. The third-order valence-corrected chi connectivity index (χ3v) is 7.81. The van der Waals surface area contributed by atoms with Crippen molar-refractivity contribution in [2.45, 2.75) is 18.6 Å². The largest absolute Gasteiger partial charge is 0.497 e. The van der Waals surface area contributed by atoms with Crippen LogP contribution in [0.2, 0.25) is 0 Å². The summed E-state index contributed by atoms with van der Waals surface area (Å²) >= 11 is 1.22. The van der Waals surface area contributed by atoms with Crippen molar-refractivity contribution in [3.63, 3.8) is 0 Å². The molecule has 0 fully saturated rings. The summed E-state index contributed by atoms with van der Waals surface area (Å²) in [6.45, 7) is 2.18. The van der Waals surface area contributed by atoms with Gasteiger partial charge in [-0.2, -0.15) is 5.10 Å². The second kappa shape index (κ2) is 11.9. The van der Waals surface area contributed by atoms with E-state index in [1.165, 1.54) is 28.8 Å². The van der Waals surface area contributed by atoms with Gasteiger partial charge in [-0.15, -0.1) is 11.8 Å². The van der Waals surface area contributed by atoms with Crippen molar-refractivity contribution in [1.82, 2.24) is 15.1 Å². The van der Waals surface area contributed by atoms with Crippen molar-refractivity contribution in [2.75, 3.05) is 30.9 Å². The molecule has 1 aliphatic rings. The number of hydrogen-bond acceptors (Lipinski definition) is 5. The number of aromatic nitrogens is 2. The maximum absolute atomic E-state index is 15.3. The molecule has 0 spiro atoms. The number of amides is 2. The van der Waals surface area contributed by atoms with Gasteiger partial charge in [-0.25, -0.2) is 13.5 Å². The Bertz CT molecular complexity index is 1530. The first-order chi connectivity index (χ1) is 19.4. The molecule has 1 aromatic heterocycles. The molecule has 40 heavy (non-hydrogen) atoms. The Hall–Kier alpha value is -4.18. The van der Waals surface area contributed by atoms with Crippen LogP contribution in [0.25, 0.3) is 16.9 Å². The summed E-state index contributed by atoms with van der Waals surface area (Å²) in [5.74, 6) is -1.07. The topological polar surface area (TPSA) is 76.5 Å². The van der Waals surface area contributed by atoms with Gasteiger partial charge in [-0.1, -0.05) is 43.3 Å². The number of fused-ring (bicyclic) bond motifs is 1. The zero-order valence-electron chi connectivity index (χ0n) is 22.1. The minimum absolute atomic E-state index is 0.0198. The monoisotopic (exact) mass is 562 g/mol. The fraction of sp³-hybridized carbons (Fsp3) is 0.233. The lowest BCUT2D eigenvalue weighted by atomic mass is 9.99. The van der Waals surface area contributed by atoms with Gasteiger partial charge in [0.15, 0.2) is 0 Å². The third-order valence-electron chi connectivity index (χ3n) is 6.57. The highest BCUT2D eigenvalue weighted by atomic mass is 32.2. The van der Waals surface area contributed by atoms with E-state index in [0.29, 0.717) is 35.1 Å². The SMILES string of the molecule is CCCNC(=O)CN1C(=O)CSC(c2ccc(F)cc2F)c2c(-c3ccccc3)nn(-c3ccc(OC)cc3)c21. The van der Waals surface area contributed by atoms with E-state index >= 15 is 4.39 Å². The molecule has 10 heteroatoms. The van der Waals surface area contributed by atoms with Crippen LogP contribution in [0, 0.1) is 11.6 Å². The van der Waals surface area contributed by atoms with Crippen LogP contribution in [0.3, 0.4) is 0 Å². The maximum Gasteiger partial charge on any atom is 0.240 e. The van der Waals surface area contributed by atoms with E-state index in [2.05, 4.69) is 5.32 Å². The van der Waals surface area contributed by atoms with Crippen LogP contribution in [-0.2, 0) is 9.59 Å². The molecule has 2 amide bonds. The number of halogens is 2. The van der Waals surface area contributed by atoms with Gasteiger partial charge < -0.3 is 10.1 Å². The Morgan fingerprint density at radius 3 is 2.52 bits per heavy atom. The minimum Gasteiger partial charge on any atom is -0.497 e. The summed E-state index contributed by atoms with van der Waals surface area (Å²) in [5.41, 5.74) is 2.69. The van der Waals surface area contributed by atoms with Crippen LogP contribution in [0.5, 0.6) is 5.75 Å². The van der Waals surface area contributed by atoms with E-state index in [9.17, 15) is 14.0 Å². The van der Waals surface area contributed by atoms with Gasteiger partial charge in [0.25, 0.3) is 0 Å². The second-order valence-electron chi connectivity index (χ2n) is 9.25. The molecule has 1 aliphatic heterocycles. The highest BCUT2D eigenvalue weighted by Gasteiger charge is 2.38. The Kier molecular flexibility index (Phi) is 8.16. The van der Waals surface area contributed by atoms with Crippen LogP contribution < -0.4 is 15.0 Å². The number of benzene rings is 3. The van der Waals surface area contributed by atoms with Crippen molar-refractivity contribution >= 4 is 29.4 Å². The van der Waals surface area contributed by atoms with Gasteiger partial charge in [0.1, 0.15) is 29.7 Å². The van der Waals surface area contributed by atoms with Crippen molar-refractivity contribution in [1.29, 1.82) is 0 Å². The summed E-state index contributed by atoms with van der Waals surface area (Å²) in [6, 6.07) is 20.0. The zero-order chi connectivity index (χ0) is 28.2. The van der Waals surface area contributed by atoms with E-state index < -0.39 is 16.9 Å². The number of carbonyl (C=O) groups excluding carboxylic acids is 2. The number of anilines is 1. The Morgan fingerprint density at radius 1 is 1.10 bits per heavy atom. The summed E-state index contributed by atoms with van der Waals surface area (Å²) in [5, 5.41) is 7.08. The number of thioether (sulfide) groups is 1. The number of nitrogens with zero attached hydrogens (tertiary/aromatic N) is 3. The number of nitrogens with one attached hydrogen (secondary N) is 1. The predicted octanol–water partition coefficient (Wildman–Crippen LogP) is 5.52. The summed E-state index contributed by atoms with van der Waals surface area (Å²) in [4.78, 5) is 28.0. The highest BCUT2D eigenvalue weighted by Crippen LogP contribution is 2.49. The summed E-state index contributed by atoms with van der Waals surface area (Å²) in [7, 11) is 1.57. The zero-order valence-corrected chi connectivity index (χ0v) is 22.9. The van der Waals surface area contributed by atoms with Crippen molar-refractivity contribution in [3.8, 4) is 22.7 Å². The van der Waals surface area contributed by atoms with E-state index in [-0.39, 0.29) is 29.7 Å². The smallest absolute Gasteiger partial charge is 0.240 e. The van der Waals surface area contributed by atoms with E-state index in [1.807, 2.05) is 37.3 Å². The van der Waals surface area contributed by atoms with Gasteiger partial charge in [0, 0.05) is 29.3 Å². The number of rotatable bonds is 8. The van der Waals surface area contributed by atoms with Crippen LogP contribution in [0.4, 0.5) is 14.6 Å². The molecule has 3 aromatic carbocycles. The molecule has 0 radical (unpaired) electrons. The number of methoxy groups -OCH3 is 1. The molecule has 1 unspecified atom stereocenters. The van der Waals surface area contributed by atoms with E-state index in [4.69, 9.17) is 9.84 Å². The molecule has 1 atom stereocenters. The lowest BCUT2D eigenvalue weighted by Gasteiger charge is -2.23. The van der Waals surface area contributed by atoms with Gasteiger partial charge in [-0.3, -0.25) is 14.5 Å². The minimum atomic E-state index is -0.721. The average Bonchev–Trinajstić information content (AvgIpc) is 3.30. The molecule has 7 nitrogen and oxygen atoms in total. The molecular weight excluding hydrogens is 534 g/mol. The highest BCUT2D eigenvalue weighted by molar-refractivity contribution is 8.00.